The van der Waals surface area contributed by atoms with E-state index in [0.29, 0.717) is 18.3 Å². The van der Waals surface area contributed by atoms with Gasteiger partial charge in [-0.25, -0.2) is 4.79 Å². The number of hydrogen-bond acceptors (Lipinski definition) is 4. The van der Waals surface area contributed by atoms with Gasteiger partial charge in [0, 0.05) is 19.5 Å². The number of aromatic nitrogens is 2. The van der Waals surface area contributed by atoms with E-state index in [1.54, 1.807) is 18.9 Å². The molecule has 4 aliphatic rings. The third kappa shape index (κ3) is 2.48. The standard InChI is InChI=1S/C16H24N4O2/c1-10-18-19-14(22-10)9-20(2)15(21)17-16-6-11-3-12(7-16)5-13(4-11)8-16/h11-13H,3-9H2,1-2H3,(H,17,21). The van der Waals surface area contributed by atoms with Crippen molar-refractivity contribution in [1.29, 1.82) is 0 Å². The van der Waals surface area contributed by atoms with E-state index in [2.05, 4.69) is 15.5 Å². The van der Waals surface area contributed by atoms with Crippen LogP contribution < -0.4 is 5.32 Å². The third-order valence-electron chi connectivity index (χ3n) is 5.70. The van der Waals surface area contributed by atoms with Crippen LogP contribution in [0.5, 0.6) is 0 Å². The Hall–Kier alpha value is -1.59. The molecule has 6 nitrogen and oxygen atoms in total. The van der Waals surface area contributed by atoms with Gasteiger partial charge in [-0.3, -0.25) is 0 Å². The second-order valence-electron chi connectivity index (χ2n) is 7.70. The summed E-state index contributed by atoms with van der Waals surface area (Å²) in [6.07, 6.45) is 7.64. The van der Waals surface area contributed by atoms with Crippen LogP contribution in [0.25, 0.3) is 0 Å². The number of nitrogens with one attached hydrogen (secondary N) is 1. The van der Waals surface area contributed by atoms with Crippen LogP contribution in [0.15, 0.2) is 4.42 Å². The maximum absolute atomic E-state index is 12.6. The summed E-state index contributed by atoms with van der Waals surface area (Å²) in [5.41, 5.74) is 0.0465. The summed E-state index contributed by atoms with van der Waals surface area (Å²) in [4.78, 5) is 14.2. The van der Waals surface area contributed by atoms with Crippen LogP contribution in [0.4, 0.5) is 4.79 Å². The summed E-state index contributed by atoms with van der Waals surface area (Å²) in [6.45, 7) is 2.12. The number of carbonyl (C=O) groups is 1. The van der Waals surface area contributed by atoms with Crippen LogP contribution in [0.3, 0.4) is 0 Å². The quantitative estimate of drug-likeness (QED) is 0.931. The smallest absolute Gasteiger partial charge is 0.318 e. The predicted octanol–water partition coefficient (Wildman–Crippen LogP) is 2.49. The Morgan fingerprint density at radius 2 is 1.82 bits per heavy atom. The first-order chi connectivity index (χ1) is 10.5. The lowest BCUT2D eigenvalue weighted by molar-refractivity contribution is -0.0155. The summed E-state index contributed by atoms with van der Waals surface area (Å²) < 4.78 is 5.35. The first-order valence-corrected chi connectivity index (χ1v) is 8.34. The van der Waals surface area contributed by atoms with Crippen LogP contribution in [-0.4, -0.2) is 33.7 Å². The van der Waals surface area contributed by atoms with Crippen molar-refractivity contribution in [3.63, 3.8) is 0 Å². The number of aryl methyl sites for hydroxylation is 1. The zero-order valence-corrected chi connectivity index (χ0v) is 13.3. The number of urea groups is 1. The van der Waals surface area contributed by atoms with E-state index >= 15 is 0 Å². The van der Waals surface area contributed by atoms with Gasteiger partial charge in [-0.2, -0.15) is 0 Å². The SMILES string of the molecule is Cc1nnc(CN(C)C(=O)NC23CC4CC(CC(C4)C2)C3)o1. The normalized spacial score (nSPS) is 35.6. The van der Waals surface area contributed by atoms with E-state index in [-0.39, 0.29) is 11.6 Å². The molecule has 0 spiro atoms. The molecule has 6 heteroatoms. The fraction of sp³-hybridized carbons (Fsp3) is 0.812. The molecule has 4 aliphatic carbocycles. The van der Waals surface area contributed by atoms with Gasteiger partial charge in [0.1, 0.15) is 6.54 Å². The highest BCUT2D eigenvalue weighted by Gasteiger charge is 2.51. The molecule has 2 amide bonds. The maximum atomic E-state index is 12.6. The molecule has 0 atom stereocenters. The average Bonchev–Trinajstić information content (AvgIpc) is 2.81. The van der Waals surface area contributed by atoms with Gasteiger partial charge in [-0.05, 0) is 56.3 Å². The number of hydrogen-bond donors (Lipinski definition) is 1. The fourth-order valence-electron chi connectivity index (χ4n) is 5.26. The summed E-state index contributed by atoms with van der Waals surface area (Å²) in [5.74, 6) is 3.51. The molecule has 0 saturated heterocycles. The fourth-order valence-corrected chi connectivity index (χ4v) is 5.26. The zero-order valence-electron chi connectivity index (χ0n) is 13.3. The second kappa shape index (κ2) is 4.96. The molecule has 1 aromatic heterocycles. The van der Waals surface area contributed by atoms with Crippen molar-refractivity contribution in [3.05, 3.63) is 11.8 Å². The summed E-state index contributed by atoms with van der Waals surface area (Å²) in [7, 11) is 1.79. The third-order valence-corrected chi connectivity index (χ3v) is 5.70. The molecule has 4 fully saturated rings. The van der Waals surface area contributed by atoms with E-state index in [9.17, 15) is 4.79 Å². The van der Waals surface area contributed by atoms with Crippen molar-refractivity contribution in [2.24, 2.45) is 17.8 Å². The maximum Gasteiger partial charge on any atom is 0.318 e. The Morgan fingerprint density at radius 3 is 2.32 bits per heavy atom. The summed E-state index contributed by atoms with van der Waals surface area (Å²) in [6, 6.07) is -0.0159. The molecular formula is C16H24N4O2. The van der Waals surface area contributed by atoms with Gasteiger partial charge in [-0.1, -0.05) is 0 Å². The molecule has 1 heterocycles. The van der Waals surface area contributed by atoms with Crippen molar-refractivity contribution in [2.75, 3.05) is 7.05 Å². The molecule has 1 aromatic rings. The van der Waals surface area contributed by atoms with Gasteiger partial charge in [0.2, 0.25) is 11.8 Å². The lowest BCUT2D eigenvalue weighted by Gasteiger charge is -2.57. The Balaban J connectivity index is 1.41. The van der Waals surface area contributed by atoms with E-state index in [1.165, 1.54) is 38.5 Å². The molecule has 5 rings (SSSR count). The van der Waals surface area contributed by atoms with E-state index in [4.69, 9.17) is 4.42 Å². The van der Waals surface area contributed by atoms with Gasteiger partial charge in [0.15, 0.2) is 0 Å². The first kappa shape index (κ1) is 14.0. The van der Waals surface area contributed by atoms with Gasteiger partial charge in [0.05, 0.1) is 0 Å². The molecule has 0 aromatic carbocycles. The minimum absolute atomic E-state index is 0.0159. The Bertz CT molecular complexity index is 547. The Kier molecular flexibility index (Phi) is 3.16. The summed E-state index contributed by atoms with van der Waals surface area (Å²) >= 11 is 0. The minimum Gasteiger partial charge on any atom is -0.424 e. The molecule has 22 heavy (non-hydrogen) atoms. The number of rotatable bonds is 3. The van der Waals surface area contributed by atoms with Crippen molar-refractivity contribution < 1.29 is 9.21 Å². The predicted molar refractivity (Wildman–Crippen MR) is 79.9 cm³/mol. The van der Waals surface area contributed by atoms with Gasteiger partial charge >= 0.3 is 6.03 Å². The van der Waals surface area contributed by atoms with Crippen molar-refractivity contribution in [1.82, 2.24) is 20.4 Å². The van der Waals surface area contributed by atoms with Crippen LogP contribution >= 0.6 is 0 Å². The summed E-state index contributed by atoms with van der Waals surface area (Å²) in [5, 5.41) is 11.1. The molecular weight excluding hydrogens is 280 g/mol. The topological polar surface area (TPSA) is 71.3 Å². The van der Waals surface area contributed by atoms with Gasteiger partial charge < -0.3 is 14.6 Å². The van der Waals surface area contributed by atoms with Crippen LogP contribution in [0, 0.1) is 24.7 Å². The molecule has 0 aliphatic heterocycles. The van der Waals surface area contributed by atoms with Crippen LogP contribution in [0.1, 0.15) is 50.3 Å². The van der Waals surface area contributed by atoms with E-state index < -0.39 is 0 Å². The molecule has 4 saturated carbocycles. The van der Waals surface area contributed by atoms with Crippen molar-refractivity contribution in [2.45, 2.75) is 57.5 Å². The molecule has 120 valence electrons. The van der Waals surface area contributed by atoms with Gasteiger partial charge in [-0.15, -0.1) is 10.2 Å². The molecule has 1 N–H and O–H groups in total. The highest BCUT2D eigenvalue weighted by atomic mass is 16.4. The average molecular weight is 304 g/mol. The van der Waals surface area contributed by atoms with Crippen LogP contribution in [-0.2, 0) is 6.54 Å². The first-order valence-electron chi connectivity index (χ1n) is 8.34. The van der Waals surface area contributed by atoms with Crippen molar-refractivity contribution >= 4 is 6.03 Å². The highest BCUT2D eigenvalue weighted by molar-refractivity contribution is 5.74. The highest BCUT2D eigenvalue weighted by Crippen LogP contribution is 2.55. The lowest BCUT2D eigenvalue weighted by Crippen LogP contribution is -2.61. The molecule has 0 unspecified atom stereocenters. The van der Waals surface area contributed by atoms with Crippen molar-refractivity contribution in [3.8, 4) is 0 Å². The minimum atomic E-state index is -0.0159. The lowest BCUT2D eigenvalue weighted by atomic mass is 9.53. The van der Waals surface area contributed by atoms with Gasteiger partial charge in [0.25, 0.3) is 0 Å². The second-order valence-corrected chi connectivity index (χ2v) is 7.70. The molecule has 4 bridgehead atoms. The number of carbonyl (C=O) groups excluding carboxylic acids is 1. The monoisotopic (exact) mass is 304 g/mol. The Morgan fingerprint density at radius 1 is 1.23 bits per heavy atom. The Labute approximate surface area is 130 Å². The zero-order chi connectivity index (χ0) is 15.3. The van der Waals surface area contributed by atoms with E-state index in [0.717, 1.165) is 17.8 Å². The van der Waals surface area contributed by atoms with E-state index in [1.807, 2.05) is 0 Å². The number of nitrogens with zero attached hydrogens (tertiary/aromatic N) is 3. The molecule has 0 radical (unpaired) electrons. The number of amides is 2. The van der Waals surface area contributed by atoms with Crippen LogP contribution in [0.2, 0.25) is 0 Å². The largest absolute Gasteiger partial charge is 0.424 e.